The standard InChI is InChI=1S/C32H42N3O4PS/c1-3-5-22-38-40(37,39-23-6-4-2)31(28-20-14-9-15-21-28)35-32(41)34-29(24-26-16-10-7-11-17-26)30(36)33-25-27-18-12-8-13-19-27/h7-21,29,31H,3-6,22-25H2,1-2H3,(H,33,36)(H2,34,35,41)/t29-,31?/m0/s1. The van der Waals surface area contributed by atoms with Gasteiger partial charge in [0.15, 0.2) is 10.9 Å². The molecule has 0 aliphatic heterocycles. The van der Waals surface area contributed by atoms with Gasteiger partial charge in [0.1, 0.15) is 6.04 Å². The summed E-state index contributed by atoms with van der Waals surface area (Å²) in [5, 5.41) is 9.59. The molecule has 0 heterocycles. The average molecular weight is 596 g/mol. The summed E-state index contributed by atoms with van der Waals surface area (Å²) in [6.45, 7) is 5.11. The zero-order valence-corrected chi connectivity index (χ0v) is 25.7. The predicted octanol–water partition coefficient (Wildman–Crippen LogP) is 6.90. The van der Waals surface area contributed by atoms with E-state index in [1.807, 2.05) is 105 Å². The second kappa shape index (κ2) is 17.7. The van der Waals surface area contributed by atoms with Gasteiger partial charge in [-0.1, -0.05) is 118 Å². The maximum Gasteiger partial charge on any atom is 0.357 e. The van der Waals surface area contributed by atoms with Gasteiger partial charge in [0.25, 0.3) is 0 Å². The maximum absolute atomic E-state index is 14.3. The van der Waals surface area contributed by atoms with Crippen LogP contribution in [0.3, 0.4) is 0 Å². The molecule has 0 aliphatic rings. The molecular formula is C32H42N3O4PS. The molecule has 2 atom stereocenters. The monoisotopic (exact) mass is 595 g/mol. The molecular weight excluding hydrogens is 553 g/mol. The van der Waals surface area contributed by atoms with Crippen LogP contribution in [-0.4, -0.2) is 30.3 Å². The van der Waals surface area contributed by atoms with Gasteiger partial charge in [-0.05, 0) is 41.7 Å². The largest absolute Gasteiger partial charge is 0.357 e. The van der Waals surface area contributed by atoms with Crippen LogP contribution in [0.15, 0.2) is 91.0 Å². The minimum Gasteiger partial charge on any atom is -0.351 e. The lowest BCUT2D eigenvalue weighted by molar-refractivity contribution is -0.122. The summed E-state index contributed by atoms with van der Waals surface area (Å²) in [5.41, 5.74) is 2.71. The molecule has 220 valence electrons. The molecule has 1 amide bonds. The number of rotatable bonds is 17. The Morgan fingerprint density at radius 1 is 0.780 bits per heavy atom. The van der Waals surface area contributed by atoms with E-state index in [1.54, 1.807) is 0 Å². The van der Waals surface area contributed by atoms with E-state index in [-0.39, 0.29) is 11.0 Å². The van der Waals surface area contributed by atoms with Gasteiger partial charge >= 0.3 is 7.60 Å². The van der Waals surface area contributed by atoms with Crippen LogP contribution >= 0.6 is 19.8 Å². The van der Waals surface area contributed by atoms with Crippen molar-refractivity contribution in [1.82, 2.24) is 16.0 Å². The van der Waals surface area contributed by atoms with Gasteiger partial charge in [0, 0.05) is 13.0 Å². The SMILES string of the molecule is CCCCOP(=O)(OCCCC)C(NC(=S)N[C@@H](Cc1ccccc1)C(=O)NCc1ccccc1)c1ccccc1. The molecule has 0 spiro atoms. The van der Waals surface area contributed by atoms with E-state index in [0.717, 1.165) is 42.4 Å². The molecule has 3 aromatic carbocycles. The minimum absolute atomic E-state index is 0.188. The van der Waals surface area contributed by atoms with Crippen molar-refractivity contribution in [3.63, 3.8) is 0 Å². The number of carbonyl (C=O) groups excluding carboxylic acids is 1. The van der Waals surface area contributed by atoms with Crippen LogP contribution in [-0.2, 0) is 31.4 Å². The van der Waals surface area contributed by atoms with Crippen molar-refractivity contribution < 1.29 is 18.4 Å². The third kappa shape index (κ3) is 11.0. The molecule has 3 rings (SSSR count). The van der Waals surface area contributed by atoms with E-state index in [0.29, 0.717) is 26.2 Å². The Labute approximate surface area is 250 Å². The summed E-state index contributed by atoms with van der Waals surface area (Å²) in [7, 11) is -3.69. The number of carbonyl (C=O) groups is 1. The number of unbranched alkanes of at least 4 members (excludes halogenated alkanes) is 2. The average Bonchev–Trinajstić information content (AvgIpc) is 3.00. The fourth-order valence-electron chi connectivity index (χ4n) is 4.13. The maximum atomic E-state index is 14.3. The Morgan fingerprint density at radius 2 is 1.29 bits per heavy atom. The molecule has 0 aromatic heterocycles. The molecule has 1 unspecified atom stereocenters. The van der Waals surface area contributed by atoms with E-state index >= 15 is 0 Å². The molecule has 9 heteroatoms. The predicted molar refractivity (Wildman–Crippen MR) is 170 cm³/mol. The fourth-order valence-corrected chi connectivity index (χ4v) is 6.44. The Morgan fingerprint density at radius 3 is 1.83 bits per heavy atom. The third-order valence-corrected chi connectivity index (χ3v) is 8.83. The molecule has 0 saturated carbocycles. The van der Waals surface area contributed by atoms with Crippen LogP contribution in [0.1, 0.15) is 62.0 Å². The van der Waals surface area contributed by atoms with Gasteiger partial charge in [-0.25, -0.2) is 0 Å². The van der Waals surface area contributed by atoms with E-state index in [2.05, 4.69) is 16.0 Å². The van der Waals surface area contributed by atoms with Crippen molar-refractivity contribution in [1.29, 1.82) is 0 Å². The first-order valence-electron chi connectivity index (χ1n) is 14.3. The number of thiocarbonyl (C=S) groups is 1. The van der Waals surface area contributed by atoms with E-state index in [4.69, 9.17) is 21.3 Å². The fraction of sp³-hybridized carbons (Fsp3) is 0.375. The van der Waals surface area contributed by atoms with Crippen LogP contribution in [0, 0.1) is 0 Å². The number of benzene rings is 3. The summed E-state index contributed by atoms with van der Waals surface area (Å²) < 4.78 is 26.2. The Balaban J connectivity index is 1.82. The van der Waals surface area contributed by atoms with E-state index in [9.17, 15) is 9.36 Å². The Hall–Kier alpha value is -3.03. The molecule has 0 bridgehead atoms. The highest BCUT2D eigenvalue weighted by Crippen LogP contribution is 2.59. The van der Waals surface area contributed by atoms with Gasteiger partial charge in [0.2, 0.25) is 5.91 Å². The minimum atomic E-state index is -3.69. The zero-order valence-electron chi connectivity index (χ0n) is 24.0. The van der Waals surface area contributed by atoms with Gasteiger partial charge in [-0.3, -0.25) is 9.36 Å². The first kappa shape index (κ1) is 32.5. The summed E-state index contributed by atoms with van der Waals surface area (Å²) in [6, 6.07) is 28.2. The van der Waals surface area contributed by atoms with Crippen molar-refractivity contribution in [2.75, 3.05) is 13.2 Å². The van der Waals surface area contributed by atoms with Crippen LogP contribution in [0.5, 0.6) is 0 Å². The van der Waals surface area contributed by atoms with Crippen LogP contribution in [0.2, 0.25) is 0 Å². The van der Waals surface area contributed by atoms with Crippen molar-refractivity contribution in [2.45, 2.75) is 64.3 Å². The molecule has 3 aromatic rings. The number of hydrogen-bond acceptors (Lipinski definition) is 5. The Kier molecular flexibility index (Phi) is 14.0. The molecule has 41 heavy (non-hydrogen) atoms. The van der Waals surface area contributed by atoms with Crippen LogP contribution < -0.4 is 16.0 Å². The van der Waals surface area contributed by atoms with Crippen LogP contribution in [0.25, 0.3) is 0 Å². The molecule has 0 aliphatic carbocycles. The number of nitrogens with one attached hydrogen (secondary N) is 3. The lowest BCUT2D eigenvalue weighted by Crippen LogP contribution is -2.51. The molecule has 7 nitrogen and oxygen atoms in total. The quantitative estimate of drug-likeness (QED) is 0.0889. The highest BCUT2D eigenvalue weighted by Gasteiger charge is 2.38. The van der Waals surface area contributed by atoms with E-state index in [1.165, 1.54) is 0 Å². The molecule has 0 fully saturated rings. The van der Waals surface area contributed by atoms with Gasteiger partial charge in [0.05, 0.1) is 13.2 Å². The van der Waals surface area contributed by atoms with Crippen molar-refractivity contribution in [2.24, 2.45) is 0 Å². The topological polar surface area (TPSA) is 88.7 Å². The summed E-state index contributed by atoms with van der Waals surface area (Å²) in [4.78, 5) is 13.4. The number of amides is 1. The second-order valence-corrected chi connectivity index (χ2v) is 12.3. The first-order chi connectivity index (χ1) is 19.9. The smallest absolute Gasteiger partial charge is 0.351 e. The second-order valence-electron chi connectivity index (χ2n) is 9.79. The van der Waals surface area contributed by atoms with Crippen LogP contribution in [0.4, 0.5) is 0 Å². The zero-order chi connectivity index (χ0) is 29.3. The Bertz CT molecular complexity index is 1220. The summed E-state index contributed by atoms with van der Waals surface area (Å²) in [5.74, 6) is -1.04. The summed E-state index contributed by atoms with van der Waals surface area (Å²) in [6.07, 6.45) is 3.73. The molecule has 0 saturated heterocycles. The summed E-state index contributed by atoms with van der Waals surface area (Å²) >= 11 is 5.72. The lowest BCUT2D eigenvalue weighted by atomic mass is 10.1. The van der Waals surface area contributed by atoms with Gasteiger partial charge in [-0.2, -0.15) is 0 Å². The number of hydrogen-bond donors (Lipinski definition) is 3. The lowest BCUT2D eigenvalue weighted by Gasteiger charge is -2.30. The highest BCUT2D eigenvalue weighted by atomic mass is 32.1. The van der Waals surface area contributed by atoms with Crippen molar-refractivity contribution in [3.8, 4) is 0 Å². The molecule has 0 radical (unpaired) electrons. The van der Waals surface area contributed by atoms with Gasteiger partial charge in [-0.15, -0.1) is 0 Å². The van der Waals surface area contributed by atoms with Crippen molar-refractivity contribution >= 4 is 30.8 Å². The highest BCUT2D eigenvalue weighted by molar-refractivity contribution is 7.80. The normalized spacial score (nSPS) is 12.7. The van der Waals surface area contributed by atoms with Gasteiger partial charge < -0.3 is 25.0 Å². The first-order valence-corrected chi connectivity index (χ1v) is 16.3. The third-order valence-electron chi connectivity index (χ3n) is 6.45. The molecule has 3 N–H and O–H groups in total. The van der Waals surface area contributed by atoms with E-state index < -0.39 is 19.4 Å². The van der Waals surface area contributed by atoms with Crippen molar-refractivity contribution in [3.05, 3.63) is 108 Å².